The molecule has 1 fully saturated rings. The summed E-state index contributed by atoms with van der Waals surface area (Å²) in [5, 5.41) is -0.594. The normalized spacial score (nSPS) is 19.2. The monoisotopic (exact) mass is 389 g/mol. The lowest BCUT2D eigenvalue weighted by Crippen LogP contribution is -2.33. The first-order valence-electron chi connectivity index (χ1n) is 8.74. The number of benzene rings is 2. The van der Waals surface area contributed by atoms with Gasteiger partial charge in [-0.3, -0.25) is 4.79 Å². The molecule has 1 atom stereocenters. The van der Waals surface area contributed by atoms with Crippen LogP contribution in [0, 0.1) is 0 Å². The molecule has 1 saturated heterocycles. The Morgan fingerprint density at radius 3 is 2.41 bits per heavy atom. The summed E-state index contributed by atoms with van der Waals surface area (Å²) in [7, 11) is -0.352. The van der Waals surface area contributed by atoms with Crippen LogP contribution in [0.5, 0.6) is 11.5 Å². The summed E-state index contributed by atoms with van der Waals surface area (Å²) in [5.74, 6) is 0.504. The lowest BCUT2D eigenvalue weighted by Gasteiger charge is -2.22. The highest BCUT2D eigenvalue weighted by Crippen LogP contribution is 2.33. The topological polar surface area (TPSA) is 72.9 Å². The molecule has 3 rings (SSSR count). The van der Waals surface area contributed by atoms with Crippen molar-refractivity contribution >= 4 is 15.7 Å². The fraction of sp³-hybridized carbons (Fsp3) is 0.350. The minimum absolute atomic E-state index is 0.0649. The standard InChI is InChI=1S/C20H23NO5S/c1-25-17-10-6-9-16(19(17)26-2)20(22)21-12-11-18(27(23,24)14-13-21)15-7-4-3-5-8-15/h3-10,18H,11-14H2,1-2H3. The van der Waals surface area contributed by atoms with E-state index in [4.69, 9.17) is 9.47 Å². The third-order valence-electron chi connectivity index (χ3n) is 4.83. The Bertz CT molecular complexity index is 911. The maximum absolute atomic E-state index is 13.1. The number of hydrogen-bond donors (Lipinski definition) is 0. The van der Waals surface area contributed by atoms with Gasteiger partial charge in [-0.2, -0.15) is 0 Å². The van der Waals surface area contributed by atoms with Gasteiger partial charge in [0.15, 0.2) is 21.3 Å². The van der Waals surface area contributed by atoms with Gasteiger partial charge in [0.25, 0.3) is 5.91 Å². The number of ether oxygens (including phenoxy) is 2. The Morgan fingerprint density at radius 2 is 1.74 bits per heavy atom. The fourth-order valence-corrected chi connectivity index (χ4v) is 5.21. The maximum atomic E-state index is 13.1. The minimum Gasteiger partial charge on any atom is -0.493 e. The first kappa shape index (κ1) is 19.2. The van der Waals surface area contributed by atoms with Crippen molar-refractivity contribution in [1.29, 1.82) is 0 Å². The van der Waals surface area contributed by atoms with Crippen LogP contribution in [0.15, 0.2) is 48.5 Å². The van der Waals surface area contributed by atoms with Crippen molar-refractivity contribution in [3.8, 4) is 11.5 Å². The molecule has 1 unspecified atom stereocenters. The molecule has 1 heterocycles. The molecule has 0 bridgehead atoms. The molecule has 0 saturated carbocycles. The molecule has 27 heavy (non-hydrogen) atoms. The van der Waals surface area contributed by atoms with Crippen LogP contribution in [-0.2, 0) is 9.84 Å². The quantitative estimate of drug-likeness (QED) is 0.804. The molecule has 1 aliphatic heterocycles. The van der Waals surface area contributed by atoms with Gasteiger partial charge in [-0.25, -0.2) is 8.42 Å². The molecule has 0 spiro atoms. The van der Waals surface area contributed by atoms with Crippen LogP contribution >= 0.6 is 0 Å². The zero-order valence-electron chi connectivity index (χ0n) is 15.4. The van der Waals surface area contributed by atoms with Crippen molar-refractivity contribution in [2.45, 2.75) is 11.7 Å². The van der Waals surface area contributed by atoms with E-state index in [1.807, 2.05) is 30.3 Å². The number of nitrogens with zero attached hydrogens (tertiary/aromatic N) is 1. The summed E-state index contributed by atoms with van der Waals surface area (Å²) < 4.78 is 36.1. The molecule has 6 nitrogen and oxygen atoms in total. The van der Waals surface area contributed by atoms with Crippen LogP contribution in [-0.4, -0.2) is 52.3 Å². The zero-order chi connectivity index (χ0) is 19.4. The highest BCUT2D eigenvalue weighted by atomic mass is 32.2. The Hall–Kier alpha value is -2.54. The van der Waals surface area contributed by atoms with Gasteiger partial charge in [-0.1, -0.05) is 36.4 Å². The first-order valence-corrected chi connectivity index (χ1v) is 10.5. The second-order valence-corrected chi connectivity index (χ2v) is 8.69. The smallest absolute Gasteiger partial charge is 0.257 e. The van der Waals surface area contributed by atoms with Gasteiger partial charge >= 0.3 is 0 Å². The molecule has 144 valence electrons. The van der Waals surface area contributed by atoms with E-state index < -0.39 is 15.1 Å². The average molecular weight is 389 g/mol. The summed E-state index contributed by atoms with van der Waals surface area (Å²) in [4.78, 5) is 14.6. The number of methoxy groups -OCH3 is 2. The predicted molar refractivity (Wildman–Crippen MR) is 103 cm³/mol. The van der Waals surface area contributed by atoms with E-state index in [-0.39, 0.29) is 18.2 Å². The van der Waals surface area contributed by atoms with E-state index in [0.717, 1.165) is 5.56 Å². The van der Waals surface area contributed by atoms with Crippen LogP contribution in [0.2, 0.25) is 0 Å². The van der Waals surface area contributed by atoms with E-state index in [1.54, 1.807) is 23.1 Å². The number of carbonyl (C=O) groups is 1. The number of para-hydroxylation sites is 1. The van der Waals surface area contributed by atoms with Crippen molar-refractivity contribution in [3.63, 3.8) is 0 Å². The molecule has 1 aliphatic rings. The Labute approximate surface area is 159 Å². The van der Waals surface area contributed by atoms with Crippen molar-refractivity contribution in [2.75, 3.05) is 33.1 Å². The zero-order valence-corrected chi connectivity index (χ0v) is 16.2. The third kappa shape index (κ3) is 3.93. The number of hydrogen-bond acceptors (Lipinski definition) is 5. The van der Waals surface area contributed by atoms with E-state index in [2.05, 4.69) is 0 Å². The summed E-state index contributed by atoms with van der Waals surface area (Å²) in [6, 6.07) is 14.3. The Morgan fingerprint density at radius 1 is 1.00 bits per heavy atom. The van der Waals surface area contributed by atoms with E-state index >= 15 is 0 Å². The molecule has 0 aliphatic carbocycles. The van der Waals surface area contributed by atoms with E-state index in [1.165, 1.54) is 14.2 Å². The van der Waals surface area contributed by atoms with Crippen LogP contribution in [0.4, 0.5) is 0 Å². The summed E-state index contributed by atoms with van der Waals surface area (Å²) in [6.07, 6.45) is 0.365. The molecule has 0 radical (unpaired) electrons. The highest BCUT2D eigenvalue weighted by molar-refractivity contribution is 7.91. The first-order chi connectivity index (χ1) is 13.0. The van der Waals surface area contributed by atoms with Crippen LogP contribution in [0.1, 0.15) is 27.6 Å². The van der Waals surface area contributed by atoms with Crippen LogP contribution in [0.25, 0.3) is 0 Å². The van der Waals surface area contributed by atoms with Crippen LogP contribution < -0.4 is 9.47 Å². The second kappa shape index (κ2) is 8.00. The number of amides is 1. The minimum atomic E-state index is -3.34. The lowest BCUT2D eigenvalue weighted by molar-refractivity contribution is 0.0762. The van der Waals surface area contributed by atoms with Gasteiger partial charge in [-0.15, -0.1) is 0 Å². The largest absolute Gasteiger partial charge is 0.493 e. The van der Waals surface area contributed by atoms with Crippen molar-refractivity contribution < 1.29 is 22.7 Å². The fourth-order valence-electron chi connectivity index (χ4n) is 3.41. The van der Waals surface area contributed by atoms with Gasteiger partial charge in [0.2, 0.25) is 0 Å². The van der Waals surface area contributed by atoms with Gasteiger partial charge in [-0.05, 0) is 24.1 Å². The lowest BCUT2D eigenvalue weighted by atomic mass is 10.1. The molecular weight excluding hydrogens is 366 g/mol. The van der Waals surface area contributed by atoms with Crippen molar-refractivity contribution in [3.05, 3.63) is 59.7 Å². The molecular formula is C20H23NO5S. The molecule has 2 aromatic rings. The van der Waals surface area contributed by atoms with Gasteiger partial charge < -0.3 is 14.4 Å². The maximum Gasteiger partial charge on any atom is 0.257 e. The SMILES string of the molecule is COc1cccc(C(=O)N2CCC(c3ccccc3)S(=O)(=O)CC2)c1OC. The summed E-state index contributed by atoms with van der Waals surface area (Å²) in [5.41, 5.74) is 1.14. The third-order valence-corrected chi connectivity index (χ3v) is 6.96. The van der Waals surface area contributed by atoms with E-state index in [9.17, 15) is 13.2 Å². The summed E-state index contributed by atoms with van der Waals surface area (Å²) in [6.45, 7) is 0.517. The average Bonchev–Trinajstić information content (AvgIpc) is 2.85. The number of rotatable bonds is 4. The Balaban J connectivity index is 1.87. The molecule has 2 aromatic carbocycles. The van der Waals surface area contributed by atoms with Crippen LogP contribution in [0.3, 0.4) is 0 Å². The molecule has 7 heteroatoms. The highest BCUT2D eigenvalue weighted by Gasteiger charge is 2.33. The Kier molecular flexibility index (Phi) is 5.70. The van der Waals surface area contributed by atoms with Gasteiger partial charge in [0, 0.05) is 13.1 Å². The number of sulfone groups is 1. The van der Waals surface area contributed by atoms with Gasteiger partial charge in [0.1, 0.15) is 0 Å². The van der Waals surface area contributed by atoms with Crippen molar-refractivity contribution in [2.24, 2.45) is 0 Å². The summed E-state index contributed by atoms with van der Waals surface area (Å²) >= 11 is 0. The molecule has 0 N–H and O–H groups in total. The second-order valence-electron chi connectivity index (χ2n) is 6.39. The number of carbonyl (C=O) groups excluding carboxylic acids is 1. The predicted octanol–water partition coefficient (Wildman–Crippen LogP) is 2.71. The van der Waals surface area contributed by atoms with Crippen molar-refractivity contribution in [1.82, 2.24) is 4.90 Å². The molecule has 0 aromatic heterocycles. The van der Waals surface area contributed by atoms with Gasteiger partial charge in [0.05, 0.1) is 30.8 Å². The van der Waals surface area contributed by atoms with E-state index in [0.29, 0.717) is 30.0 Å². The molecule has 1 amide bonds.